The van der Waals surface area contributed by atoms with Crippen molar-refractivity contribution in [2.24, 2.45) is 0 Å². The SMILES string of the molecule is Nc1ccc([N+](=O)[O-])cc1S(=O)(=O)CCc1ccccc1. The predicted octanol–water partition coefficient (Wildman–Crippen LogP) is 2.19. The number of aryl methyl sites for hydroxylation is 1. The number of sulfone groups is 1. The van der Waals surface area contributed by atoms with Gasteiger partial charge in [0.1, 0.15) is 0 Å². The van der Waals surface area contributed by atoms with Crippen LogP contribution in [0.4, 0.5) is 11.4 Å². The van der Waals surface area contributed by atoms with Crippen LogP contribution in [0.2, 0.25) is 0 Å². The normalized spacial score (nSPS) is 11.2. The Hall–Kier alpha value is -2.41. The Kier molecular flexibility index (Phi) is 4.23. The monoisotopic (exact) mass is 306 g/mol. The number of nitro groups is 1. The van der Waals surface area contributed by atoms with Crippen LogP contribution in [0.5, 0.6) is 0 Å². The standard InChI is InChI=1S/C14H14N2O4S/c15-13-7-6-12(16(17)18)10-14(13)21(19,20)9-8-11-4-2-1-3-5-11/h1-7,10H,8-9,15H2. The van der Waals surface area contributed by atoms with Crippen molar-refractivity contribution >= 4 is 21.2 Å². The molecule has 0 unspecified atom stereocenters. The van der Waals surface area contributed by atoms with Gasteiger partial charge in [-0.3, -0.25) is 10.1 Å². The second-order valence-electron chi connectivity index (χ2n) is 4.53. The number of benzene rings is 2. The van der Waals surface area contributed by atoms with Crippen molar-refractivity contribution < 1.29 is 13.3 Å². The largest absolute Gasteiger partial charge is 0.398 e. The molecule has 110 valence electrons. The molecule has 0 saturated heterocycles. The molecule has 0 aliphatic rings. The summed E-state index contributed by atoms with van der Waals surface area (Å²) in [6.07, 6.45) is 0.325. The number of nitrogens with two attached hydrogens (primary N) is 1. The lowest BCUT2D eigenvalue weighted by atomic mass is 10.2. The minimum Gasteiger partial charge on any atom is -0.398 e. The third-order valence-corrected chi connectivity index (χ3v) is 4.81. The summed E-state index contributed by atoms with van der Waals surface area (Å²) in [5.74, 6) is -0.150. The predicted molar refractivity (Wildman–Crippen MR) is 79.7 cm³/mol. The molecule has 0 aromatic heterocycles. The van der Waals surface area contributed by atoms with E-state index in [1.807, 2.05) is 30.3 Å². The van der Waals surface area contributed by atoms with Gasteiger partial charge in [0, 0.05) is 12.1 Å². The van der Waals surface area contributed by atoms with E-state index in [4.69, 9.17) is 5.73 Å². The van der Waals surface area contributed by atoms with Crippen LogP contribution in [0.15, 0.2) is 53.4 Å². The lowest BCUT2D eigenvalue weighted by Crippen LogP contribution is -2.12. The fourth-order valence-electron chi connectivity index (χ4n) is 1.91. The van der Waals surface area contributed by atoms with Gasteiger partial charge in [-0.25, -0.2) is 8.42 Å². The second-order valence-corrected chi connectivity index (χ2v) is 6.61. The van der Waals surface area contributed by atoms with Gasteiger partial charge in [0.05, 0.1) is 21.3 Å². The minimum atomic E-state index is -3.67. The van der Waals surface area contributed by atoms with E-state index in [1.54, 1.807) is 0 Å². The fourth-order valence-corrected chi connectivity index (χ4v) is 3.36. The first-order valence-electron chi connectivity index (χ1n) is 6.21. The van der Waals surface area contributed by atoms with Gasteiger partial charge in [0.25, 0.3) is 5.69 Å². The number of rotatable bonds is 5. The van der Waals surface area contributed by atoms with Crippen molar-refractivity contribution in [2.45, 2.75) is 11.3 Å². The van der Waals surface area contributed by atoms with Gasteiger partial charge in [0.15, 0.2) is 9.84 Å². The number of anilines is 1. The summed E-state index contributed by atoms with van der Waals surface area (Å²) in [4.78, 5) is 9.91. The summed E-state index contributed by atoms with van der Waals surface area (Å²) in [7, 11) is -3.67. The number of nitrogen functional groups attached to an aromatic ring is 1. The van der Waals surface area contributed by atoms with Crippen LogP contribution < -0.4 is 5.73 Å². The van der Waals surface area contributed by atoms with Gasteiger partial charge in [0.2, 0.25) is 0 Å². The first-order chi connectivity index (χ1) is 9.90. The van der Waals surface area contributed by atoms with Crippen LogP contribution >= 0.6 is 0 Å². The van der Waals surface area contributed by atoms with Crippen LogP contribution in [0, 0.1) is 10.1 Å². The highest BCUT2D eigenvalue weighted by molar-refractivity contribution is 7.91. The van der Waals surface area contributed by atoms with E-state index in [-0.39, 0.29) is 22.0 Å². The topological polar surface area (TPSA) is 103 Å². The van der Waals surface area contributed by atoms with Gasteiger partial charge in [-0.05, 0) is 18.1 Å². The Morgan fingerprint density at radius 3 is 2.38 bits per heavy atom. The van der Waals surface area contributed by atoms with Gasteiger partial charge >= 0.3 is 0 Å². The molecule has 0 spiro atoms. The van der Waals surface area contributed by atoms with E-state index in [0.29, 0.717) is 6.42 Å². The van der Waals surface area contributed by atoms with Gasteiger partial charge in [-0.15, -0.1) is 0 Å². The van der Waals surface area contributed by atoms with Gasteiger partial charge in [-0.1, -0.05) is 30.3 Å². The smallest absolute Gasteiger partial charge is 0.270 e. The van der Waals surface area contributed by atoms with E-state index in [1.165, 1.54) is 12.1 Å². The van der Waals surface area contributed by atoms with Crippen molar-refractivity contribution in [3.05, 3.63) is 64.2 Å². The number of non-ortho nitro benzene ring substituents is 1. The third kappa shape index (κ3) is 3.57. The first kappa shape index (κ1) is 15.0. The molecule has 0 fully saturated rings. The van der Waals surface area contributed by atoms with Crippen LogP contribution in [0.3, 0.4) is 0 Å². The number of hydrogen-bond donors (Lipinski definition) is 1. The minimum absolute atomic E-state index is 0.0219. The molecule has 0 bridgehead atoms. The number of hydrogen-bond acceptors (Lipinski definition) is 5. The van der Waals surface area contributed by atoms with E-state index in [9.17, 15) is 18.5 Å². The third-order valence-electron chi connectivity index (χ3n) is 3.05. The average molecular weight is 306 g/mol. The van der Waals surface area contributed by atoms with Crippen LogP contribution in [-0.4, -0.2) is 19.1 Å². The van der Waals surface area contributed by atoms with Crippen LogP contribution in [-0.2, 0) is 16.3 Å². The fraction of sp³-hybridized carbons (Fsp3) is 0.143. The lowest BCUT2D eigenvalue weighted by Gasteiger charge is -2.07. The zero-order valence-corrected chi connectivity index (χ0v) is 11.9. The maximum Gasteiger partial charge on any atom is 0.270 e. The molecule has 0 atom stereocenters. The van der Waals surface area contributed by atoms with Gasteiger partial charge < -0.3 is 5.73 Å². The zero-order valence-electron chi connectivity index (χ0n) is 11.1. The molecule has 6 nitrogen and oxygen atoms in total. The lowest BCUT2D eigenvalue weighted by molar-refractivity contribution is -0.385. The molecule has 0 heterocycles. The Bertz CT molecular complexity index is 758. The summed E-state index contributed by atoms with van der Waals surface area (Å²) in [6, 6.07) is 12.6. The molecular formula is C14H14N2O4S. The van der Waals surface area contributed by atoms with Crippen LogP contribution in [0.1, 0.15) is 5.56 Å². The summed E-state index contributed by atoms with van der Waals surface area (Å²) in [5, 5.41) is 10.7. The Morgan fingerprint density at radius 2 is 1.76 bits per heavy atom. The molecule has 0 saturated carbocycles. The highest BCUT2D eigenvalue weighted by atomic mass is 32.2. The molecule has 0 amide bonds. The summed E-state index contributed by atoms with van der Waals surface area (Å²) >= 11 is 0. The van der Waals surface area contributed by atoms with Crippen LogP contribution in [0.25, 0.3) is 0 Å². The molecule has 2 aromatic rings. The highest BCUT2D eigenvalue weighted by Crippen LogP contribution is 2.25. The number of nitrogens with zero attached hydrogens (tertiary/aromatic N) is 1. The molecule has 0 aliphatic heterocycles. The molecule has 0 radical (unpaired) electrons. The maximum atomic E-state index is 12.3. The van der Waals surface area contributed by atoms with Crippen molar-refractivity contribution in [2.75, 3.05) is 11.5 Å². The Morgan fingerprint density at radius 1 is 1.10 bits per heavy atom. The van der Waals surface area contributed by atoms with E-state index in [2.05, 4.69) is 0 Å². The summed E-state index contributed by atoms with van der Waals surface area (Å²) in [5.41, 5.74) is 6.26. The maximum absolute atomic E-state index is 12.3. The van der Waals surface area contributed by atoms with Crippen molar-refractivity contribution in [1.82, 2.24) is 0 Å². The average Bonchev–Trinajstić information content (AvgIpc) is 2.46. The molecule has 2 rings (SSSR count). The first-order valence-corrected chi connectivity index (χ1v) is 7.86. The van der Waals surface area contributed by atoms with E-state index < -0.39 is 14.8 Å². The molecule has 7 heteroatoms. The summed E-state index contributed by atoms with van der Waals surface area (Å²) < 4.78 is 24.6. The molecule has 2 aromatic carbocycles. The van der Waals surface area contributed by atoms with Crippen molar-refractivity contribution in [3.8, 4) is 0 Å². The Balaban J connectivity index is 2.27. The molecular weight excluding hydrogens is 292 g/mol. The van der Waals surface area contributed by atoms with Gasteiger partial charge in [-0.2, -0.15) is 0 Å². The van der Waals surface area contributed by atoms with E-state index >= 15 is 0 Å². The number of nitro benzene ring substituents is 1. The Labute approximate surface area is 122 Å². The van der Waals surface area contributed by atoms with Crippen molar-refractivity contribution in [3.63, 3.8) is 0 Å². The van der Waals surface area contributed by atoms with E-state index in [0.717, 1.165) is 11.6 Å². The second kappa shape index (κ2) is 5.92. The quantitative estimate of drug-likeness (QED) is 0.518. The highest BCUT2D eigenvalue weighted by Gasteiger charge is 2.21. The molecule has 21 heavy (non-hydrogen) atoms. The molecule has 0 aliphatic carbocycles. The van der Waals surface area contributed by atoms with Crippen molar-refractivity contribution in [1.29, 1.82) is 0 Å². The summed E-state index contributed by atoms with van der Waals surface area (Å²) in [6.45, 7) is 0. The zero-order chi connectivity index (χ0) is 15.5. The molecule has 2 N–H and O–H groups in total.